The number of methoxy groups -OCH3 is 2. The lowest BCUT2D eigenvalue weighted by Crippen LogP contribution is -2.41. The Morgan fingerprint density at radius 1 is 1.45 bits per heavy atom. The standard InChI is InChI=1S/C14H22N2O6/c1-21-12(17)5-6-14(20,22-2)16-11-4-3-9(13(18)19)7-10(11)8-15/h3-4,7,12,16-17,20H,5-6,8,15H2,1-2H3,(H,18,19). The Bertz CT molecular complexity index is 510. The molecular weight excluding hydrogens is 292 g/mol. The first-order valence-electron chi connectivity index (χ1n) is 6.68. The lowest BCUT2D eigenvalue weighted by Gasteiger charge is -2.30. The third-order valence-electron chi connectivity index (χ3n) is 3.24. The summed E-state index contributed by atoms with van der Waals surface area (Å²) in [6.45, 7) is 0.0872. The van der Waals surface area contributed by atoms with Crippen molar-refractivity contribution in [1.29, 1.82) is 0 Å². The zero-order valence-corrected chi connectivity index (χ0v) is 12.6. The minimum absolute atomic E-state index is 0.0448. The maximum atomic E-state index is 11.0. The zero-order valence-electron chi connectivity index (χ0n) is 12.6. The van der Waals surface area contributed by atoms with Gasteiger partial charge in [0.1, 0.15) is 0 Å². The van der Waals surface area contributed by atoms with Crippen molar-refractivity contribution in [1.82, 2.24) is 0 Å². The second kappa shape index (κ2) is 8.06. The summed E-state index contributed by atoms with van der Waals surface area (Å²) >= 11 is 0. The number of rotatable bonds is 9. The molecule has 0 saturated carbocycles. The van der Waals surface area contributed by atoms with E-state index >= 15 is 0 Å². The number of aromatic carboxylic acids is 1. The van der Waals surface area contributed by atoms with E-state index in [2.05, 4.69) is 5.32 Å². The summed E-state index contributed by atoms with van der Waals surface area (Å²) in [7, 11) is 2.65. The van der Waals surface area contributed by atoms with Crippen molar-refractivity contribution in [3.8, 4) is 0 Å². The molecule has 0 bridgehead atoms. The maximum absolute atomic E-state index is 11.0. The van der Waals surface area contributed by atoms with Crippen LogP contribution in [0.1, 0.15) is 28.8 Å². The Labute approximate surface area is 128 Å². The Hall–Kier alpha value is -1.71. The fourth-order valence-corrected chi connectivity index (χ4v) is 1.88. The van der Waals surface area contributed by atoms with Crippen LogP contribution in [0.5, 0.6) is 0 Å². The first-order valence-corrected chi connectivity index (χ1v) is 6.68. The van der Waals surface area contributed by atoms with Crippen molar-refractivity contribution in [2.24, 2.45) is 5.73 Å². The van der Waals surface area contributed by atoms with E-state index in [-0.39, 0.29) is 24.9 Å². The smallest absolute Gasteiger partial charge is 0.335 e. The molecule has 8 nitrogen and oxygen atoms in total. The van der Waals surface area contributed by atoms with E-state index < -0.39 is 18.2 Å². The highest BCUT2D eigenvalue weighted by molar-refractivity contribution is 5.88. The second-order valence-electron chi connectivity index (χ2n) is 4.72. The van der Waals surface area contributed by atoms with Gasteiger partial charge in [0.2, 0.25) is 5.91 Å². The summed E-state index contributed by atoms with van der Waals surface area (Å²) in [6, 6.07) is 4.32. The number of benzene rings is 1. The van der Waals surface area contributed by atoms with Gasteiger partial charge in [-0.1, -0.05) is 0 Å². The van der Waals surface area contributed by atoms with Gasteiger partial charge < -0.3 is 35.8 Å². The number of hydrogen-bond acceptors (Lipinski definition) is 7. The van der Waals surface area contributed by atoms with Crippen LogP contribution in [-0.4, -0.2) is 47.7 Å². The number of anilines is 1. The summed E-state index contributed by atoms with van der Waals surface area (Å²) in [5.41, 5.74) is 6.67. The highest BCUT2D eigenvalue weighted by atomic mass is 16.6. The van der Waals surface area contributed by atoms with Crippen LogP contribution in [0.3, 0.4) is 0 Å². The average molecular weight is 314 g/mol. The predicted molar refractivity (Wildman–Crippen MR) is 79.1 cm³/mol. The van der Waals surface area contributed by atoms with E-state index in [9.17, 15) is 15.0 Å². The molecule has 124 valence electrons. The van der Waals surface area contributed by atoms with E-state index in [0.29, 0.717) is 11.3 Å². The van der Waals surface area contributed by atoms with E-state index in [4.69, 9.17) is 20.3 Å². The highest BCUT2D eigenvalue weighted by Gasteiger charge is 2.28. The van der Waals surface area contributed by atoms with Crippen molar-refractivity contribution in [3.05, 3.63) is 29.3 Å². The van der Waals surface area contributed by atoms with Crippen LogP contribution < -0.4 is 11.1 Å². The number of nitrogens with one attached hydrogen (secondary N) is 1. The van der Waals surface area contributed by atoms with Gasteiger partial charge >= 0.3 is 5.97 Å². The number of aliphatic hydroxyl groups is 2. The van der Waals surface area contributed by atoms with Crippen molar-refractivity contribution in [2.75, 3.05) is 19.5 Å². The zero-order chi connectivity index (χ0) is 16.8. The lowest BCUT2D eigenvalue weighted by molar-refractivity contribution is -0.181. The van der Waals surface area contributed by atoms with Crippen LogP contribution >= 0.6 is 0 Å². The maximum Gasteiger partial charge on any atom is 0.335 e. The van der Waals surface area contributed by atoms with Gasteiger partial charge in [0.05, 0.1) is 5.56 Å². The van der Waals surface area contributed by atoms with Gasteiger partial charge in [-0.3, -0.25) is 0 Å². The molecule has 0 aromatic heterocycles. The normalized spacial score (nSPS) is 15.1. The van der Waals surface area contributed by atoms with Crippen LogP contribution in [0.2, 0.25) is 0 Å². The second-order valence-corrected chi connectivity index (χ2v) is 4.72. The number of aliphatic hydroxyl groups excluding tert-OH is 1. The minimum atomic E-state index is -1.74. The first-order chi connectivity index (χ1) is 10.3. The molecular formula is C14H22N2O6. The average Bonchev–Trinajstić information content (AvgIpc) is 2.52. The van der Waals surface area contributed by atoms with Crippen LogP contribution in [0.25, 0.3) is 0 Å². The molecule has 0 aliphatic rings. The molecule has 0 fully saturated rings. The van der Waals surface area contributed by atoms with Gasteiger partial charge in [-0.2, -0.15) is 0 Å². The molecule has 0 heterocycles. The van der Waals surface area contributed by atoms with Crippen molar-refractivity contribution in [3.63, 3.8) is 0 Å². The molecule has 1 rings (SSSR count). The molecule has 8 heteroatoms. The quantitative estimate of drug-likeness (QED) is 0.411. The molecule has 0 aliphatic carbocycles. The summed E-state index contributed by atoms with van der Waals surface area (Å²) in [6.07, 6.45) is -0.839. The number of hydrogen-bond donors (Lipinski definition) is 5. The Morgan fingerprint density at radius 3 is 2.64 bits per heavy atom. The van der Waals surface area contributed by atoms with E-state index in [1.807, 2.05) is 0 Å². The van der Waals surface area contributed by atoms with Crippen LogP contribution in [0.4, 0.5) is 5.69 Å². The molecule has 0 aliphatic heterocycles. The predicted octanol–water partition coefficient (Wildman–Crippen LogP) is 0.293. The van der Waals surface area contributed by atoms with E-state index in [0.717, 1.165) is 0 Å². The van der Waals surface area contributed by atoms with Gasteiger partial charge in [-0.05, 0) is 23.8 Å². The van der Waals surface area contributed by atoms with Crippen molar-refractivity contribution >= 4 is 11.7 Å². The molecule has 22 heavy (non-hydrogen) atoms. The molecule has 2 atom stereocenters. The van der Waals surface area contributed by atoms with E-state index in [1.165, 1.54) is 32.4 Å². The molecule has 1 aromatic rings. The number of carboxylic acids is 1. The number of carbonyl (C=O) groups is 1. The molecule has 0 amide bonds. The number of nitrogens with two attached hydrogens (primary N) is 1. The fourth-order valence-electron chi connectivity index (χ4n) is 1.88. The minimum Gasteiger partial charge on any atom is -0.478 e. The van der Waals surface area contributed by atoms with Gasteiger partial charge in [-0.15, -0.1) is 0 Å². The van der Waals surface area contributed by atoms with Gasteiger partial charge in [0.25, 0.3) is 0 Å². The van der Waals surface area contributed by atoms with Crippen molar-refractivity contribution < 1.29 is 29.6 Å². The Kier molecular flexibility index (Phi) is 6.72. The highest BCUT2D eigenvalue weighted by Crippen LogP contribution is 2.24. The molecule has 0 saturated heterocycles. The van der Waals surface area contributed by atoms with Gasteiger partial charge in [-0.25, -0.2) is 4.79 Å². The van der Waals surface area contributed by atoms with E-state index in [1.54, 1.807) is 0 Å². The van der Waals surface area contributed by atoms with Crippen LogP contribution in [0.15, 0.2) is 18.2 Å². The molecule has 0 radical (unpaired) electrons. The first kappa shape index (κ1) is 18.3. The van der Waals surface area contributed by atoms with Crippen LogP contribution in [-0.2, 0) is 16.0 Å². The topological polar surface area (TPSA) is 134 Å². The van der Waals surface area contributed by atoms with Crippen molar-refractivity contribution in [2.45, 2.75) is 31.6 Å². The third-order valence-corrected chi connectivity index (χ3v) is 3.24. The molecule has 6 N–H and O–H groups in total. The monoisotopic (exact) mass is 314 g/mol. The summed E-state index contributed by atoms with van der Waals surface area (Å²) in [5.74, 6) is -2.81. The number of ether oxygens (including phenoxy) is 2. The molecule has 0 spiro atoms. The summed E-state index contributed by atoms with van der Waals surface area (Å²) < 4.78 is 9.74. The number of carboxylic acid groups (broad SMARTS) is 1. The van der Waals surface area contributed by atoms with Gasteiger partial charge in [0, 0.05) is 39.3 Å². The summed E-state index contributed by atoms with van der Waals surface area (Å²) in [5, 5.41) is 31.5. The summed E-state index contributed by atoms with van der Waals surface area (Å²) in [4.78, 5) is 11.0. The fraction of sp³-hybridized carbons (Fsp3) is 0.500. The Balaban J connectivity index is 2.92. The molecule has 2 unspecified atom stereocenters. The largest absolute Gasteiger partial charge is 0.478 e. The lowest BCUT2D eigenvalue weighted by atomic mass is 10.1. The molecule has 1 aromatic carbocycles. The SMILES string of the molecule is COC(O)CCC(O)(Nc1ccc(C(=O)O)cc1CN)OC. The van der Waals surface area contributed by atoms with Crippen LogP contribution in [0, 0.1) is 0 Å². The Morgan fingerprint density at radius 2 is 2.14 bits per heavy atom. The third kappa shape index (κ3) is 4.93. The van der Waals surface area contributed by atoms with Gasteiger partial charge in [0.15, 0.2) is 6.29 Å².